The minimum atomic E-state index is -0.192. The van der Waals surface area contributed by atoms with Gasteiger partial charge >= 0.3 is 5.97 Å². The Balaban J connectivity index is 2.07. The molecule has 0 saturated heterocycles. The van der Waals surface area contributed by atoms with Gasteiger partial charge in [-0.1, -0.05) is 12.2 Å². The van der Waals surface area contributed by atoms with E-state index in [0.29, 0.717) is 26.0 Å². The highest BCUT2D eigenvalue weighted by Gasteiger charge is 2.17. The number of amides is 1. The first-order chi connectivity index (χ1) is 8.24. The lowest BCUT2D eigenvalue weighted by Crippen LogP contribution is -2.32. The highest BCUT2D eigenvalue weighted by atomic mass is 16.5. The van der Waals surface area contributed by atoms with Crippen molar-refractivity contribution in [3.8, 4) is 0 Å². The number of carbonyl (C=O) groups excluding carboxylic acids is 2. The van der Waals surface area contributed by atoms with E-state index >= 15 is 0 Å². The van der Waals surface area contributed by atoms with Crippen molar-refractivity contribution >= 4 is 11.9 Å². The third kappa shape index (κ3) is 5.52. The summed E-state index contributed by atoms with van der Waals surface area (Å²) in [6.45, 7) is 2.76. The van der Waals surface area contributed by atoms with Crippen LogP contribution >= 0.6 is 0 Å². The molecule has 1 amide bonds. The third-order valence-electron chi connectivity index (χ3n) is 2.80. The molecule has 0 fully saturated rings. The molecule has 96 valence electrons. The molecule has 1 unspecified atom stereocenters. The summed E-state index contributed by atoms with van der Waals surface area (Å²) in [5.41, 5.74) is 0. The summed E-state index contributed by atoms with van der Waals surface area (Å²) in [7, 11) is 0. The molecular weight excluding hydrogens is 218 g/mol. The highest BCUT2D eigenvalue weighted by molar-refractivity contribution is 5.79. The van der Waals surface area contributed by atoms with Gasteiger partial charge in [-0.25, -0.2) is 0 Å². The Morgan fingerprint density at radius 1 is 1.41 bits per heavy atom. The number of hydrogen-bond acceptors (Lipinski definition) is 3. The summed E-state index contributed by atoms with van der Waals surface area (Å²) in [6.07, 6.45) is 7.95. The van der Waals surface area contributed by atoms with E-state index in [9.17, 15) is 9.59 Å². The molecule has 0 heterocycles. The lowest BCUT2D eigenvalue weighted by molar-refractivity contribution is -0.143. The summed E-state index contributed by atoms with van der Waals surface area (Å²) >= 11 is 0. The molecule has 1 rings (SSSR count). The molecule has 0 aromatic rings. The van der Waals surface area contributed by atoms with Gasteiger partial charge in [0, 0.05) is 18.9 Å². The zero-order valence-electron chi connectivity index (χ0n) is 10.4. The van der Waals surface area contributed by atoms with Gasteiger partial charge in [0.2, 0.25) is 5.91 Å². The molecule has 0 saturated carbocycles. The topological polar surface area (TPSA) is 55.4 Å². The molecule has 0 radical (unpaired) electrons. The SMILES string of the molecule is CCOC(=O)CCCNC(=O)C1CC=CCC1. The fraction of sp³-hybridized carbons (Fsp3) is 0.692. The zero-order chi connectivity index (χ0) is 12.5. The fourth-order valence-corrected chi connectivity index (χ4v) is 1.85. The molecule has 17 heavy (non-hydrogen) atoms. The van der Waals surface area contributed by atoms with Crippen LogP contribution in [0.5, 0.6) is 0 Å². The van der Waals surface area contributed by atoms with Crippen molar-refractivity contribution in [3.05, 3.63) is 12.2 Å². The van der Waals surface area contributed by atoms with Crippen LogP contribution in [0.3, 0.4) is 0 Å². The number of esters is 1. The molecule has 0 bridgehead atoms. The zero-order valence-corrected chi connectivity index (χ0v) is 10.4. The molecule has 0 aromatic carbocycles. The van der Waals surface area contributed by atoms with Gasteiger partial charge in [-0.15, -0.1) is 0 Å². The third-order valence-corrected chi connectivity index (χ3v) is 2.80. The van der Waals surface area contributed by atoms with E-state index in [1.165, 1.54) is 0 Å². The average Bonchev–Trinajstić information content (AvgIpc) is 2.36. The monoisotopic (exact) mass is 239 g/mol. The van der Waals surface area contributed by atoms with Crippen LogP contribution in [0.15, 0.2) is 12.2 Å². The van der Waals surface area contributed by atoms with E-state index in [0.717, 1.165) is 19.3 Å². The molecule has 0 aliphatic heterocycles. The molecule has 4 nitrogen and oxygen atoms in total. The van der Waals surface area contributed by atoms with Crippen LogP contribution in [0.2, 0.25) is 0 Å². The largest absolute Gasteiger partial charge is 0.466 e. The van der Waals surface area contributed by atoms with Crippen LogP contribution < -0.4 is 5.32 Å². The number of nitrogens with one attached hydrogen (secondary N) is 1. The van der Waals surface area contributed by atoms with Crippen molar-refractivity contribution in [2.75, 3.05) is 13.2 Å². The average molecular weight is 239 g/mol. The number of carbonyl (C=O) groups is 2. The minimum absolute atomic E-state index is 0.109. The molecule has 0 spiro atoms. The van der Waals surface area contributed by atoms with Crippen molar-refractivity contribution < 1.29 is 14.3 Å². The van der Waals surface area contributed by atoms with E-state index < -0.39 is 0 Å². The quantitative estimate of drug-likeness (QED) is 0.437. The van der Waals surface area contributed by atoms with Crippen molar-refractivity contribution in [1.29, 1.82) is 0 Å². The Bertz CT molecular complexity index is 286. The van der Waals surface area contributed by atoms with E-state index in [-0.39, 0.29) is 17.8 Å². The molecule has 1 atom stereocenters. The first-order valence-electron chi connectivity index (χ1n) is 6.32. The van der Waals surface area contributed by atoms with Gasteiger partial charge in [0.25, 0.3) is 0 Å². The van der Waals surface area contributed by atoms with Gasteiger partial charge in [-0.3, -0.25) is 9.59 Å². The van der Waals surface area contributed by atoms with Crippen LogP contribution in [0.4, 0.5) is 0 Å². The van der Waals surface area contributed by atoms with Crippen LogP contribution in [0.1, 0.15) is 39.0 Å². The molecule has 1 N–H and O–H groups in total. The van der Waals surface area contributed by atoms with Gasteiger partial charge in [0.05, 0.1) is 6.61 Å². The van der Waals surface area contributed by atoms with Gasteiger partial charge in [-0.2, -0.15) is 0 Å². The van der Waals surface area contributed by atoms with Crippen LogP contribution in [0, 0.1) is 5.92 Å². The summed E-state index contributed by atoms with van der Waals surface area (Å²) < 4.78 is 4.80. The van der Waals surface area contributed by atoms with E-state index in [2.05, 4.69) is 17.5 Å². The van der Waals surface area contributed by atoms with Gasteiger partial charge in [0.1, 0.15) is 0 Å². The Morgan fingerprint density at radius 3 is 2.88 bits per heavy atom. The maximum atomic E-state index is 11.7. The fourth-order valence-electron chi connectivity index (χ4n) is 1.85. The lowest BCUT2D eigenvalue weighted by Gasteiger charge is -2.17. The minimum Gasteiger partial charge on any atom is -0.466 e. The number of rotatable bonds is 6. The first-order valence-corrected chi connectivity index (χ1v) is 6.32. The molecule has 0 aromatic heterocycles. The van der Waals surface area contributed by atoms with Crippen LogP contribution in [-0.2, 0) is 14.3 Å². The lowest BCUT2D eigenvalue weighted by atomic mass is 9.94. The van der Waals surface area contributed by atoms with Gasteiger partial charge in [-0.05, 0) is 32.6 Å². The van der Waals surface area contributed by atoms with Crippen molar-refractivity contribution in [1.82, 2.24) is 5.32 Å². The first kappa shape index (κ1) is 13.7. The van der Waals surface area contributed by atoms with Crippen molar-refractivity contribution in [3.63, 3.8) is 0 Å². The Labute approximate surface area is 102 Å². The smallest absolute Gasteiger partial charge is 0.305 e. The normalized spacial score (nSPS) is 18.8. The van der Waals surface area contributed by atoms with Gasteiger partial charge in [0.15, 0.2) is 0 Å². The molecular formula is C13H21NO3. The van der Waals surface area contributed by atoms with E-state index in [4.69, 9.17) is 4.74 Å². The van der Waals surface area contributed by atoms with Gasteiger partial charge < -0.3 is 10.1 Å². The van der Waals surface area contributed by atoms with Crippen molar-refractivity contribution in [2.24, 2.45) is 5.92 Å². The second-order valence-corrected chi connectivity index (χ2v) is 4.18. The predicted molar refractivity (Wildman–Crippen MR) is 65.4 cm³/mol. The second kappa shape index (κ2) is 7.87. The number of ether oxygens (including phenoxy) is 1. The van der Waals surface area contributed by atoms with E-state index in [1.54, 1.807) is 6.92 Å². The standard InChI is InChI=1S/C13H21NO3/c1-2-17-12(15)9-6-10-14-13(16)11-7-4-3-5-8-11/h3-4,11H,2,5-10H2,1H3,(H,14,16). The number of allylic oxidation sites excluding steroid dienone is 2. The maximum absolute atomic E-state index is 11.7. The Morgan fingerprint density at radius 2 is 2.24 bits per heavy atom. The van der Waals surface area contributed by atoms with E-state index in [1.807, 2.05) is 0 Å². The maximum Gasteiger partial charge on any atom is 0.305 e. The van der Waals surface area contributed by atoms with Crippen LogP contribution in [0.25, 0.3) is 0 Å². The van der Waals surface area contributed by atoms with Crippen LogP contribution in [-0.4, -0.2) is 25.0 Å². The molecule has 4 heteroatoms. The predicted octanol–water partition coefficient (Wildman–Crippen LogP) is 1.80. The summed E-state index contributed by atoms with van der Waals surface area (Å²) in [4.78, 5) is 22.8. The molecule has 1 aliphatic carbocycles. The molecule has 1 aliphatic rings. The summed E-state index contributed by atoms with van der Waals surface area (Å²) in [6, 6.07) is 0. The highest BCUT2D eigenvalue weighted by Crippen LogP contribution is 2.17. The second-order valence-electron chi connectivity index (χ2n) is 4.18. The summed E-state index contributed by atoms with van der Waals surface area (Å²) in [5, 5.41) is 2.87. The van der Waals surface area contributed by atoms with Crippen molar-refractivity contribution in [2.45, 2.75) is 39.0 Å². The summed E-state index contributed by atoms with van der Waals surface area (Å²) in [5.74, 6) is 0.0307. The Kier molecular flexibility index (Phi) is 6.37. The number of hydrogen-bond donors (Lipinski definition) is 1. The Hall–Kier alpha value is -1.32.